The van der Waals surface area contributed by atoms with Crippen LogP contribution in [0.5, 0.6) is 0 Å². The number of nitrogens with one attached hydrogen (secondary N) is 2. The van der Waals surface area contributed by atoms with Crippen LogP contribution in [0.25, 0.3) is 0 Å². The van der Waals surface area contributed by atoms with E-state index in [1.165, 1.54) is 0 Å². The van der Waals surface area contributed by atoms with E-state index < -0.39 is 5.60 Å². The number of nitrogens with two attached hydrogens (primary N) is 1. The molecule has 4 N–H and O–H groups in total. The molecule has 1 heterocycles. The number of hydrogen-bond donors (Lipinski definition) is 3. The Morgan fingerprint density at radius 3 is 2.62 bits per heavy atom. The van der Waals surface area contributed by atoms with Gasteiger partial charge in [-0.1, -0.05) is 0 Å². The summed E-state index contributed by atoms with van der Waals surface area (Å²) in [7, 11) is 0. The van der Waals surface area contributed by atoms with E-state index in [1.807, 2.05) is 20.8 Å². The minimum atomic E-state index is -0.469. The molecule has 0 radical (unpaired) electrons. The van der Waals surface area contributed by atoms with Gasteiger partial charge in [-0.3, -0.25) is 0 Å². The summed E-state index contributed by atoms with van der Waals surface area (Å²) in [5.41, 5.74) is 5.37. The molecule has 0 spiro atoms. The quantitative estimate of drug-likeness (QED) is 0.715. The smallest absolute Gasteiger partial charge is 0.407 e. The summed E-state index contributed by atoms with van der Waals surface area (Å²) in [6.07, 6.45) is 2.91. The molecular formula is C15H27N3O3. The van der Waals surface area contributed by atoms with E-state index in [0.717, 1.165) is 25.9 Å². The van der Waals surface area contributed by atoms with Crippen LogP contribution in [-0.2, 0) is 9.47 Å². The highest BCUT2D eigenvalue weighted by Gasteiger charge is 2.55. The fraction of sp³-hybridized carbons (Fsp3) is 0.933. The molecular weight excluding hydrogens is 270 g/mol. The normalized spacial score (nSPS) is 41.7. The Labute approximate surface area is 126 Å². The van der Waals surface area contributed by atoms with E-state index in [1.54, 1.807) is 0 Å². The number of alkyl carbamates (subject to hydrolysis) is 1. The molecule has 4 atom stereocenters. The molecule has 6 heteroatoms. The summed E-state index contributed by atoms with van der Waals surface area (Å²) in [4.78, 5) is 12.0. The molecule has 1 amide bonds. The molecule has 6 nitrogen and oxygen atoms in total. The number of ether oxygens (including phenoxy) is 2. The van der Waals surface area contributed by atoms with Crippen molar-refractivity contribution in [3.8, 4) is 0 Å². The number of amides is 1. The molecule has 120 valence electrons. The van der Waals surface area contributed by atoms with Crippen LogP contribution in [0.15, 0.2) is 0 Å². The molecule has 2 aliphatic carbocycles. The zero-order valence-corrected chi connectivity index (χ0v) is 13.1. The highest BCUT2D eigenvalue weighted by atomic mass is 16.6. The molecule has 4 unspecified atom stereocenters. The molecule has 0 aromatic rings. The molecule has 3 aliphatic rings. The summed E-state index contributed by atoms with van der Waals surface area (Å²) in [5.74, 6) is 0.406. The van der Waals surface area contributed by atoms with Gasteiger partial charge in [0.25, 0.3) is 0 Å². The van der Waals surface area contributed by atoms with E-state index >= 15 is 0 Å². The van der Waals surface area contributed by atoms with Crippen molar-refractivity contribution in [2.75, 3.05) is 6.61 Å². The van der Waals surface area contributed by atoms with Crippen LogP contribution in [0.1, 0.15) is 40.0 Å². The van der Waals surface area contributed by atoms with Crippen molar-refractivity contribution in [2.45, 2.75) is 75.9 Å². The first kappa shape index (κ1) is 15.1. The van der Waals surface area contributed by atoms with Crippen molar-refractivity contribution in [1.82, 2.24) is 10.6 Å². The maximum atomic E-state index is 12.0. The number of hydrogen-bond acceptors (Lipinski definition) is 5. The van der Waals surface area contributed by atoms with Gasteiger partial charge >= 0.3 is 6.09 Å². The number of carbonyl (C=O) groups excluding carboxylic acids is 1. The molecule has 1 saturated heterocycles. The van der Waals surface area contributed by atoms with E-state index in [9.17, 15) is 4.79 Å². The van der Waals surface area contributed by atoms with Gasteiger partial charge in [0, 0.05) is 24.6 Å². The monoisotopic (exact) mass is 297 g/mol. The Kier molecular flexibility index (Phi) is 3.88. The molecule has 1 aliphatic heterocycles. The van der Waals surface area contributed by atoms with Crippen LogP contribution in [0.3, 0.4) is 0 Å². The SMILES string of the molecule is CC(C)(C)OC(=O)NC1C2CCOC2C1NC1CC(N)C1. The molecule has 2 saturated carbocycles. The first-order valence-corrected chi connectivity index (χ1v) is 7.96. The third-order valence-electron chi connectivity index (χ3n) is 4.67. The predicted octanol–water partition coefficient (Wildman–Crippen LogP) is 0.746. The van der Waals surface area contributed by atoms with E-state index in [2.05, 4.69) is 10.6 Å². The maximum absolute atomic E-state index is 12.0. The van der Waals surface area contributed by atoms with Gasteiger partial charge < -0.3 is 25.8 Å². The van der Waals surface area contributed by atoms with Crippen molar-refractivity contribution in [3.05, 3.63) is 0 Å². The van der Waals surface area contributed by atoms with Crippen LogP contribution in [0.2, 0.25) is 0 Å². The Hall–Kier alpha value is -0.850. The summed E-state index contributed by atoms with van der Waals surface area (Å²) < 4.78 is 11.2. The second kappa shape index (κ2) is 5.41. The lowest BCUT2D eigenvalue weighted by Crippen LogP contribution is -2.72. The minimum Gasteiger partial charge on any atom is -0.444 e. The Bertz CT molecular complexity index is 403. The van der Waals surface area contributed by atoms with Crippen molar-refractivity contribution in [2.24, 2.45) is 11.7 Å². The fourth-order valence-corrected chi connectivity index (χ4v) is 3.62. The number of carbonyl (C=O) groups is 1. The minimum absolute atomic E-state index is 0.101. The van der Waals surface area contributed by atoms with Gasteiger partial charge in [-0.2, -0.15) is 0 Å². The lowest BCUT2D eigenvalue weighted by Gasteiger charge is -2.51. The van der Waals surface area contributed by atoms with Gasteiger partial charge in [-0.05, 0) is 40.0 Å². The summed E-state index contributed by atoms with van der Waals surface area (Å²) in [6, 6.07) is 1.06. The molecule has 0 aromatic heterocycles. The zero-order chi connectivity index (χ0) is 15.2. The molecule has 0 bridgehead atoms. The van der Waals surface area contributed by atoms with E-state index in [0.29, 0.717) is 18.0 Å². The van der Waals surface area contributed by atoms with E-state index in [-0.39, 0.29) is 24.3 Å². The molecule has 3 fully saturated rings. The fourth-order valence-electron chi connectivity index (χ4n) is 3.62. The second-order valence-electron chi connectivity index (χ2n) is 7.58. The van der Waals surface area contributed by atoms with Crippen LogP contribution in [0.4, 0.5) is 4.79 Å². The zero-order valence-electron chi connectivity index (χ0n) is 13.1. The summed E-state index contributed by atoms with van der Waals surface area (Å²) in [5, 5.41) is 6.62. The van der Waals surface area contributed by atoms with Gasteiger partial charge in [0.2, 0.25) is 0 Å². The summed E-state index contributed by atoms with van der Waals surface area (Å²) >= 11 is 0. The van der Waals surface area contributed by atoms with Gasteiger partial charge in [0.05, 0.1) is 18.2 Å². The Balaban J connectivity index is 1.55. The lowest BCUT2D eigenvalue weighted by atomic mass is 9.70. The number of rotatable bonds is 3. The van der Waals surface area contributed by atoms with Crippen LogP contribution < -0.4 is 16.4 Å². The van der Waals surface area contributed by atoms with Crippen LogP contribution >= 0.6 is 0 Å². The first-order chi connectivity index (χ1) is 9.83. The van der Waals surface area contributed by atoms with Crippen molar-refractivity contribution in [3.63, 3.8) is 0 Å². The van der Waals surface area contributed by atoms with Gasteiger partial charge in [0.15, 0.2) is 0 Å². The highest BCUT2D eigenvalue weighted by Crippen LogP contribution is 2.40. The van der Waals surface area contributed by atoms with E-state index in [4.69, 9.17) is 15.2 Å². The third kappa shape index (κ3) is 3.17. The molecule has 0 aromatic carbocycles. The van der Waals surface area contributed by atoms with Gasteiger partial charge in [-0.25, -0.2) is 4.79 Å². The second-order valence-corrected chi connectivity index (χ2v) is 7.58. The van der Waals surface area contributed by atoms with Crippen LogP contribution in [-0.4, -0.2) is 48.6 Å². The Morgan fingerprint density at radius 1 is 1.29 bits per heavy atom. The lowest BCUT2D eigenvalue weighted by molar-refractivity contribution is -0.0417. The predicted molar refractivity (Wildman–Crippen MR) is 78.9 cm³/mol. The third-order valence-corrected chi connectivity index (χ3v) is 4.67. The van der Waals surface area contributed by atoms with Crippen molar-refractivity contribution in [1.29, 1.82) is 0 Å². The average molecular weight is 297 g/mol. The van der Waals surface area contributed by atoms with Gasteiger partial charge in [0.1, 0.15) is 5.60 Å². The topological polar surface area (TPSA) is 85.6 Å². The first-order valence-electron chi connectivity index (χ1n) is 7.96. The van der Waals surface area contributed by atoms with Crippen LogP contribution in [0, 0.1) is 5.92 Å². The maximum Gasteiger partial charge on any atom is 0.407 e. The summed E-state index contributed by atoms with van der Waals surface area (Å²) in [6.45, 7) is 6.41. The Morgan fingerprint density at radius 2 is 2.00 bits per heavy atom. The largest absolute Gasteiger partial charge is 0.444 e. The molecule has 3 rings (SSSR count). The highest BCUT2D eigenvalue weighted by molar-refractivity contribution is 5.68. The standard InChI is InChI=1S/C15H27N3O3/c1-15(2,3)21-14(19)18-11-10-4-5-20-13(10)12(11)17-9-6-8(16)7-9/h8-13,17H,4-7,16H2,1-3H3,(H,18,19). The molecule has 21 heavy (non-hydrogen) atoms. The van der Waals surface area contributed by atoms with Crippen molar-refractivity contribution < 1.29 is 14.3 Å². The number of fused-ring (bicyclic) bond motifs is 1. The average Bonchev–Trinajstić information content (AvgIpc) is 2.72. The van der Waals surface area contributed by atoms with Crippen molar-refractivity contribution >= 4 is 6.09 Å². The van der Waals surface area contributed by atoms with Gasteiger partial charge in [-0.15, -0.1) is 0 Å².